The van der Waals surface area contributed by atoms with Gasteiger partial charge in [-0.25, -0.2) is 0 Å². The van der Waals surface area contributed by atoms with Gasteiger partial charge >= 0.3 is 0 Å². The van der Waals surface area contributed by atoms with E-state index in [-0.39, 0.29) is 0 Å². The molecule has 0 heterocycles. The van der Waals surface area contributed by atoms with E-state index in [4.69, 9.17) is 0 Å². The van der Waals surface area contributed by atoms with E-state index in [1.54, 1.807) is 0 Å². The molecule has 1 aliphatic rings. The maximum atomic E-state index is 12.6. The summed E-state index contributed by atoms with van der Waals surface area (Å²) in [6.45, 7) is 13.3. The molecule has 17 heavy (non-hydrogen) atoms. The van der Waals surface area contributed by atoms with E-state index >= 15 is 0 Å². The van der Waals surface area contributed by atoms with Crippen LogP contribution in [0.15, 0.2) is 22.9 Å². The number of hydrogen-bond donors (Lipinski definition) is 0. The molecule has 1 aliphatic carbocycles. The van der Waals surface area contributed by atoms with Gasteiger partial charge in [0.1, 0.15) is 13.5 Å². The highest BCUT2D eigenvalue weighted by atomic mass is 28.3. The number of allylic oxidation sites excluding steroid dienone is 4. The minimum Gasteiger partial charge on any atom is -0.301 e. The van der Waals surface area contributed by atoms with Gasteiger partial charge in [0.15, 0.2) is 0 Å². The lowest BCUT2D eigenvalue weighted by atomic mass is 10.2. The van der Waals surface area contributed by atoms with Gasteiger partial charge in [-0.1, -0.05) is 57.0 Å². The summed E-state index contributed by atoms with van der Waals surface area (Å²) in [6.07, 6.45) is 8.14. The van der Waals surface area contributed by atoms with E-state index in [0.717, 1.165) is 6.42 Å². The Hall–Kier alpha value is -0.416. The third kappa shape index (κ3) is 4.07. The second kappa shape index (κ2) is 5.06. The number of carbonyl (C=O) groups excluding carboxylic acids is 1. The first-order valence-electron chi connectivity index (χ1n) is 6.58. The minimum atomic E-state index is -1.71. The maximum absolute atomic E-state index is 12.6. The van der Waals surface area contributed by atoms with Gasteiger partial charge < -0.3 is 4.79 Å². The molecule has 0 spiro atoms. The predicted molar refractivity (Wildman–Crippen MR) is 81.7 cm³/mol. The third-order valence-electron chi connectivity index (χ3n) is 3.14. The summed E-state index contributed by atoms with van der Waals surface area (Å²) >= 11 is 0. The van der Waals surface area contributed by atoms with Crippen LogP contribution in [-0.4, -0.2) is 21.6 Å². The number of hydrogen-bond acceptors (Lipinski definition) is 1. The second-order valence-electron chi connectivity index (χ2n) is 7.06. The molecule has 0 aromatic heterocycles. The Morgan fingerprint density at radius 2 is 1.71 bits per heavy atom. The van der Waals surface area contributed by atoms with Crippen LogP contribution in [0.2, 0.25) is 39.3 Å². The highest BCUT2D eigenvalue weighted by Gasteiger charge is 2.34. The van der Waals surface area contributed by atoms with Gasteiger partial charge in [0.25, 0.3) is 0 Å². The fourth-order valence-corrected chi connectivity index (χ4v) is 6.47. The molecule has 0 aromatic rings. The Bertz CT molecular complexity index is 365. The fraction of sp³-hybridized carbons (Fsp3) is 0.643. The van der Waals surface area contributed by atoms with Gasteiger partial charge in [0, 0.05) is 0 Å². The smallest absolute Gasteiger partial charge is 0.132 e. The Labute approximate surface area is 108 Å². The Kier molecular flexibility index (Phi) is 4.36. The minimum absolute atomic E-state index is 0.476. The summed E-state index contributed by atoms with van der Waals surface area (Å²) in [5, 5.41) is 1.65. The molecule has 1 nitrogen and oxygen atoms in total. The molecule has 0 atom stereocenters. The standard InChI is InChI=1S/C14H26OSi2/c1-16(2,3)13(14(15)17(4,5)6)11-12-9-7-8-10-12/h9,11H,7-8,10H2,1-6H3/b13-11+. The fourth-order valence-electron chi connectivity index (χ4n) is 2.04. The van der Waals surface area contributed by atoms with Gasteiger partial charge in [-0.05, 0) is 24.5 Å². The van der Waals surface area contributed by atoms with Crippen molar-refractivity contribution in [1.29, 1.82) is 0 Å². The summed E-state index contributed by atoms with van der Waals surface area (Å²) in [5.41, 5.74) is 1.40. The van der Waals surface area contributed by atoms with Crippen LogP contribution in [0.4, 0.5) is 0 Å². The number of rotatable bonds is 4. The van der Waals surface area contributed by atoms with E-state index in [2.05, 4.69) is 51.4 Å². The van der Waals surface area contributed by atoms with Crippen LogP contribution in [0.3, 0.4) is 0 Å². The van der Waals surface area contributed by atoms with Crippen LogP contribution in [0.1, 0.15) is 19.3 Å². The third-order valence-corrected chi connectivity index (χ3v) is 7.01. The lowest BCUT2D eigenvalue weighted by Gasteiger charge is -2.26. The first-order chi connectivity index (χ1) is 7.62. The molecule has 0 fully saturated rings. The molecule has 1 rings (SSSR count). The van der Waals surface area contributed by atoms with Crippen molar-refractivity contribution in [2.75, 3.05) is 0 Å². The molecule has 0 unspecified atom stereocenters. The molecule has 0 saturated heterocycles. The largest absolute Gasteiger partial charge is 0.301 e. The monoisotopic (exact) mass is 266 g/mol. The van der Waals surface area contributed by atoms with Crippen LogP contribution in [0.25, 0.3) is 0 Å². The van der Waals surface area contributed by atoms with E-state index in [9.17, 15) is 4.79 Å². The molecule has 0 radical (unpaired) electrons. The van der Waals surface area contributed by atoms with Crippen molar-refractivity contribution in [3.63, 3.8) is 0 Å². The van der Waals surface area contributed by atoms with E-state index < -0.39 is 16.1 Å². The van der Waals surface area contributed by atoms with Crippen molar-refractivity contribution in [3.05, 3.63) is 22.9 Å². The predicted octanol–water partition coefficient (Wildman–Crippen LogP) is 4.35. The van der Waals surface area contributed by atoms with Gasteiger partial charge in [-0.2, -0.15) is 0 Å². The van der Waals surface area contributed by atoms with Crippen LogP contribution >= 0.6 is 0 Å². The van der Waals surface area contributed by atoms with E-state index in [0.29, 0.717) is 5.41 Å². The SMILES string of the molecule is C[Si](C)(C)C(=O)/C(=C\C1=CCCC1)[Si](C)(C)C. The van der Waals surface area contributed by atoms with Crippen LogP contribution in [0.5, 0.6) is 0 Å². The first kappa shape index (κ1) is 14.6. The molecular formula is C14H26OSi2. The van der Waals surface area contributed by atoms with Gasteiger partial charge in [0.2, 0.25) is 0 Å². The van der Waals surface area contributed by atoms with Crippen LogP contribution < -0.4 is 0 Å². The van der Waals surface area contributed by atoms with Gasteiger partial charge in [0.05, 0.1) is 8.07 Å². The summed E-state index contributed by atoms with van der Waals surface area (Å²) in [5.74, 6) is 0. The van der Waals surface area contributed by atoms with Gasteiger partial charge in [-0.15, -0.1) is 0 Å². The van der Waals surface area contributed by atoms with Crippen molar-refractivity contribution in [2.45, 2.75) is 58.5 Å². The van der Waals surface area contributed by atoms with Crippen molar-refractivity contribution < 1.29 is 4.79 Å². The van der Waals surface area contributed by atoms with Crippen molar-refractivity contribution in [2.24, 2.45) is 0 Å². The summed E-state index contributed by atoms with van der Waals surface area (Å²) in [4.78, 5) is 12.6. The zero-order valence-electron chi connectivity index (χ0n) is 12.2. The van der Waals surface area contributed by atoms with Crippen molar-refractivity contribution in [1.82, 2.24) is 0 Å². The zero-order chi connectivity index (χ0) is 13.3. The van der Waals surface area contributed by atoms with Gasteiger partial charge in [-0.3, -0.25) is 0 Å². The van der Waals surface area contributed by atoms with E-state index in [1.807, 2.05) is 0 Å². The highest BCUT2D eigenvalue weighted by Crippen LogP contribution is 2.26. The molecule has 0 bridgehead atoms. The molecule has 0 amide bonds. The molecule has 3 heteroatoms. The second-order valence-corrected chi connectivity index (χ2v) is 17.1. The Balaban J connectivity index is 3.09. The topological polar surface area (TPSA) is 17.1 Å². The first-order valence-corrected chi connectivity index (χ1v) is 13.6. The van der Waals surface area contributed by atoms with Crippen molar-refractivity contribution >= 4 is 21.6 Å². The van der Waals surface area contributed by atoms with Crippen LogP contribution in [-0.2, 0) is 4.79 Å². The molecule has 0 saturated carbocycles. The average molecular weight is 267 g/mol. The summed E-state index contributed by atoms with van der Waals surface area (Å²) in [7, 11) is -3.23. The molecule has 0 aliphatic heterocycles. The van der Waals surface area contributed by atoms with E-state index in [1.165, 1.54) is 23.6 Å². The summed E-state index contributed by atoms with van der Waals surface area (Å²) < 4.78 is 0. The van der Waals surface area contributed by atoms with Crippen molar-refractivity contribution in [3.8, 4) is 0 Å². The Morgan fingerprint density at radius 3 is 2.06 bits per heavy atom. The molecule has 0 N–H and O–H groups in total. The highest BCUT2D eigenvalue weighted by molar-refractivity contribution is 7.10. The van der Waals surface area contributed by atoms with Crippen LogP contribution in [0, 0.1) is 0 Å². The molecule has 0 aromatic carbocycles. The lowest BCUT2D eigenvalue weighted by Crippen LogP contribution is -2.42. The maximum Gasteiger partial charge on any atom is 0.132 e. The average Bonchev–Trinajstić information content (AvgIpc) is 2.61. The number of carbonyl (C=O) groups is 1. The summed E-state index contributed by atoms with van der Waals surface area (Å²) in [6, 6.07) is 0. The zero-order valence-corrected chi connectivity index (χ0v) is 14.2. The normalized spacial score (nSPS) is 18.2. The molecular weight excluding hydrogens is 240 g/mol. The quantitative estimate of drug-likeness (QED) is 0.546. The molecule has 96 valence electrons. The Morgan fingerprint density at radius 1 is 1.12 bits per heavy atom. The lowest BCUT2D eigenvalue weighted by molar-refractivity contribution is -0.109.